The number of para-hydroxylation sites is 1. The molecule has 0 atom stereocenters. The number of aryl methyl sites for hydroxylation is 1. The number of ether oxygens (including phenoxy) is 2. The van der Waals surface area contributed by atoms with E-state index in [1.54, 1.807) is 22.7 Å². The van der Waals surface area contributed by atoms with E-state index in [2.05, 4.69) is 20.6 Å². The molecular weight excluding hydrogens is 430 g/mol. The summed E-state index contributed by atoms with van der Waals surface area (Å²) in [5, 5.41) is 16.1. The first-order valence-electron chi connectivity index (χ1n) is 10.2. The molecule has 0 saturated carbocycles. The SMILES string of the molecule is CCc1ccccc1OCC(=O)NCCOc1ccc2nnc(-c3ccccc3Cl)n2n1. The van der Waals surface area contributed by atoms with Crippen molar-refractivity contribution in [3.63, 3.8) is 0 Å². The second-order valence-electron chi connectivity index (χ2n) is 6.89. The fourth-order valence-electron chi connectivity index (χ4n) is 3.14. The normalized spacial score (nSPS) is 10.8. The number of hydrogen-bond donors (Lipinski definition) is 1. The van der Waals surface area contributed by atoms with Gasteiger partial charge in [-0.2, -0.15) is 4.52 Å². The second-order valence-corrected chi connectivity index (χ2v) is 7.30. The zero-order chi connectivity index (χ0) is 22.3. The highest BCUT2D eigenvalue weighted by Gasteiger charge is 2.13. The first-order valence-corrected chi connectivity index (χ1v) is 10.6. The van der Waals surface area contributed by atoms with Crippen LogP contribution in [0.15, 0.2) is 60.7 Å². The Balaban J connectivity index is 1.30. The van der Waals surface area contributed by atoms with E-state index < -0.39 is 0 Å². The molecule has 32 heavy (non-hydrogen) atoms. The Morgan fingerprint density at radius 3 is 2.69 bits per heavy atom. The van der Waals surface area contributed by atoms with Crippen LogP contribution in [0.1, 0.15) is 12.5 Å². The monoisotopic (exact) mass is 451 g/mol. The summed E-state index contributed by atoms with van der Waals surface area (Å²) in [6.45, 7) is 2.56. The van der Waals surface area contributed by atoms with Crippen LogP contribution in [-0.4, -0.2) is 45.5 Å². The zero-order valence-corrected chi connectivity index (χ0v) is 18.2. The summed E-state index contributed by atoms with van der Waals surface area (Å²) in [7, 11) is 0. The smallest absolute Gasteiger partial charge is 0.258 e. The van der Waals surface area contributed by atoms with Gasteiger partial charge in [0.15, 0.2) is 18.1 Å². The minimum absolute atomic E-state index is 0.0525. The van der Waals surface area contributed by atoms with Crippen molar-refractivity contribution >= 4 is 23.2 Å². The third kappa shape index (κ3) is 4.97. The fraction of sp³-hybridized carbons (Fsp3) is 0.217. The molecule has 1 N–H and O–H groups in total. The van der Waals surface area contributed by atoms with Crippen LogP contribution in [0.25, 0.3) is 17.0 Å². The molecule has 8 nitrogen and oxygen atoms in total. The predicted molar refractivity (Wildman–Crippen MR) is 121 cm³/mol. The molecule has 0 spiro atoms. The molecule has 0 aliphatic heterocycles. The molecule has 0 unspecified atom stereocenters. The van der Waals surface area contributed by atoms with E-state index in [0.717, 1.165) is 23.3 Å². The predicted octanol–water partition coefficient (Wildman–Crippen LogP) is 3.58. The Morgan fingerprint density at radius 2 is 1.84 bits per heavy atom. The molecule has 164 valence electrons. The number of hydrogen-bond acceptors (Lipinski definition) is 6. The molecular formula is C23H22ClN5O3. The Labute approximate surface area is 190 Å². The van der Waals surface area contributed by atoms with Gasteiger partial charge in [-0.3, -0.25) is 4.79 Å². The number of carbonyl (C=O) groups is 1. The average Bonchev–Trinajstić information content (AvgIpc) is 3.24. The van der Waals surface area contributed by atoms with Gasteiger partial charge >= 0.3 is 0 Å². The van der Waals surface area contributed by atoms with Crippen LogP contribution in [0.4, 0.5) is 0 Å². The lowest BCUT2D eigenvalue weighted by Crippen LogP contribution is -2.32. The van der Waals surface area contributed by atoms with Crippen molar-refractivity contribution in [2.24, 2.45) is 0 Å². The molecule has 4 rings (SSSR count). The summed E-state index contributed by atoms with van der Waals surface area (Å²) in [4.78, 5) is 12.1. The summed E-state index contributed by atoms with van der Waals surface area (Å²) < 4.78 is 12.9. The Bertz CT molecular complexity index is 1230. The summed E-state index contributed by atoms with van der Waals surface area (Å²) in [6.07, 6.45) is 0.841. The minimum atomic E-state index is -0.220. The van der Waals surface area contributed by atoms with Crippen LogP contribution in [0.5, 0.6) is 11.6 Å². The van der Waals surface area contributed by atoms with E-state index in [1.165, 1.54) is 0 Å². The molecule has 0 aliphatic rings. The molecule has 0 saturated heterocycles. The number of nitrogens with zero attached hydrogens (tertiary/aromatic N) is 4. The van der Waals surface area contributed by atoms with E-state index >= 15 is 0 Å². The summed E-state index contributed by atoms with van der Waals surface area (Å²) >= 11 is 6.28. The van der Waals surface area contributed by atoms with Gasteiger partial charge < -0.3 is 14.8 Å². The number of aromatic nitrogens is 4. The number of carbonyl (C=O) groups excluding carboxylic acids is 1. The van der Waals surface area contributed by atoms with E-state index in [0.29, 0.717) is 28.9 Å². The first kappa shape index (κ1) is 21.6. The van der Waals surface area contributed by atoms with Crippen molar-refractivity contribution in [1.82, 2.24) is 25.1 Å². The van der Waals surface area contributed by atoms with Gasteiger partial charge in [-0.15, -0.1) is 15.3 Å². The van der Waals surface area contributed by atoms with Gasteiger partial charge in [-0.05, 0) is 36.2 Å². The highest BCUT2D eigenvalue weighted by atomic mass is 35.5. The van der Waals surface area contributed by atoms with Gasteiger partial charge in [0, 0.05) is 11.6 Å². The standard InChI is InChI=1S/C23H22ClN5O3/c1-2-16-7-3-6-10-19(16)32-15-21(30)25-13-14-31-22-12-11-20-26-27-23(29(20)28-22)17-8-4-5-9-18(17)24/h3-12H,2,13-15H2,1H3,(H,25,30). The quantitative estimate of drug-likeness (QED) is 0.391. The third-order valence-corrected chi connectivity index (χ3v) is 5.07. The Kier molecular flexibility index (Phi) is 6.81. The Hall–Kier alpha value is -3.65. The van der Waals surface area contributed by atoms with Gasteiger partial charge in [0.2, 0.25) is 5.88 Å². The lowest BCUT2D eigenvalue weighted by molar-refractivity contribution is -0.123. The van der Waals surface area contributed by atoms with Crippen LogP contribution < -0.4 is 14.8 Å². The molecule has 1 amide bonds. The van der Waals surface area contributed by atoms with E-state index in [9.17, 15) is 4.79 Å². The van der Waals surface area contributed by atoms with Crippen LogP contribution in [-0.2, 0) is 11.2 Å². The van der Waals surface area contributed by atoms with E-state index in [1.807, 2.05) is 49.4 Å². The van der Waals surface area contributed by atoms with E-state index in [4.69, 9.17) is 21.1 Å². The molecule has 0 fully saturated rings. The van der Waals surface area contributed by atoms with Gasteiger partial charge in [0.1, 0.15) is 12.4 Å². The number of benzene rings is 2. The highest BCUT2D eigenvalue weighted by Crippen LogP contribution is 2.26. The molecule has 2 aromatic carbocycles. The zero-order valence-electron chi connectivity index (χ0n) is 17.5. The topological polar surface area (TPSA) is 90.6 Å². The van der Waals surface area contributed by atoms with Crippen LogP contribution >= 0.6 is 11.6 Å². The molecule has 2 heterocycles. The third-order valence-electron chi connectivity index (χ3n) is 4.74. The largest absolute Gasteiger partial charge is 0.483 e. The van der Waals surface area contributed by atoms with Crippen molar-refractivity contribution in [1.29, 1.82) is 0 Å². The van der Waals surface area contributed by atoms with Crippen LogP contribution in [0, 0.1) is 0 Å². The van der Waals surface area contributed by atoms with Gasteiger partial charge in [-0.25, -0.2) is 0 Å². The maximum Gasteiger partial charge on any atom is 0.258 e. The van der Waals surface area contributed by atoms with Crippen molar-refractivity contribution in [3.05, 3.63) is 71.2 Å². The minimum Gasteiger partial charge on any atom is -0.483 e. The maximum absolute atomic E-state index is 12.1. The number of halogens is 1. The van der Waals surface area contributed by atoms with Crippen molar-refractivity contribution in [2.45, 2.75) is 13.3 Å². The van der Waals surface area contributed by atoms with Crippen LogP contribution in [0.2, 0.25) is 5.02 Å². The van der Waals surface area contributed by atoms with Crippen molar-refractivity contribution in [2.75, 3.05) is 19.8 Å². The number of nitrogens with one attached hydrogen (secondary N) is 1. The van der Waals surface area contributed by atoms with Crippen molar-refractivity contribution in [3.8, 4) is 23.0 Å². The molecule has 4 aromatic rings. The number of rotatable bonds is 9. The summed E-state index contributed by atoms with van der Waals surface area (Å²) in [5.41, 5.74) is 2.36. The lowest BCUT2D eigenvalue weighted by atomic mass is 10.1. The highest BCUT2D eigenvalue weighted by molar-refractivity contribution is 6.33. The van der Waals surface area contributed by atoms with Gasteiger partial charge in [0.25, 0.3) is 5.91 Å². The average molecular weight is 452 g/mol. The van der Waals surface area contributed by atoms with Gasteiger partial charge in [0.05, 0.1) is 11.6 Å². The summed E-state index contributed by atoms with van der Waals surface area (Å²) in [5.74, 6) is 1.41. The molecule has 2 aromatic heterocycles. The number of fused-ring (bicyclic) bond motifs is 1. The molecule has 9 heteroatoms. The summed E-state index contributed by atoms with van der Waals surface area (Å²) in [6, 6.07) is 18.5. The Morgan fingerprint density at radius 1 is 1.03 bits per heavy atom. The van der Waals surface area contributed by atoms with Gasteiger partial charge in [-0.1, -0.05) is 48.9 Å². The lowest BCUT2D eigenvalue weighted by Gasteiger charge is -2.11. The molecule has 0 bridgehead atoms. The second kappa shape index (κ2) is 10.1. The fourth-order valence-corrected chi connectivity index (χ4v) is 3.36. The first-order chi connectivity index (χ1) is 15.7. The molecule has 0 radical (unpaired) electrons. The molecule has 0 aliphatic carbocycles. The maximum atomic E-state index is 12.1. The van der Waals surface area contributed by atoms with E-state index in [-0.39, 0.29) is 19.1 Å². The van der Waals surface area contributed by atoms with Crippen LogP contribution in [0.3, 0.4) is 0 Å². The number of amides is 1. The van der Waals surface area contributed by atoms with Crippen molar-refractivity contribution < 1.29 is 14.3 Å².